The average Bonchev–Trinajstić information content (AvgIpc) is 3.11. The van der Waals surface area contributed by atoms with E-state index < -0.39 is 0 Å². The number of hydrogen-bond donors (Lipinski definition) is 2. The van der Waals surface area contributed by atoms with E-state index in [-0.39, 0.29) is 35.5 Å². The van der Waals surface area contributed by atoms with Gasteiger partial charge in [-0.15, -0.1) is 0 Å². The third kappa shape index (κ3) is 2.33. The quantitative estimate of drug-likeness (QED) is 0.881. The number of nitrogens with one attached hydrogen (secondary N) is 2. The summed E-state index contributed by atoms with van der Waals surface area (Å²) in [6.45, 7) is 5.07. The second-order valence-electron chi connectivity index (χ2n) is 7.60. The summed E-state index contributed by atoms with van der Waals surface area (Å²) in [6, 6.07) is 4.73. The molecule has 2 aliphatic carbocycles. The highest BCUT2D eigenvalue weighted by molar-refractivity contribution is 5.75. The third-order valence-corrected chi connectivity index (χ3v) is 5.88. The van der Waals surface area contributed by atoms with E-state index >= 15 is 0 Å². The molecule has 2 amide bonds. The van der Waals surface area contributed by atoms with Crippen LogP contribution in [0, 0.1) is 17.2 Å². The van der Waals surface area contributed by atoms with E-state index in [1.54, 1.807) is 6.07 Å². The average molecular weight is 318 g/mol. The van der Waals surface area contributed by atoms with Gasteiger partial charge in [-0.2, -0.15) is 0 Å². The number of benzene rings is 1. The molecular weight excluding hydrogens is 295 g/mol. The molecule has 5 heteroatoms. The van der Waals surface area contributed by atoms with Crippen molar-refractivity contribution >= 4 is 6.03 Å². The van der Waals surface area contributed by atoms with Gasteiger partial charge in [0.05, 0.1) is 12.1 Å². The second-order valence-corrected chi connectivity index (χ2v) is 7.60. The molecule has 1 aromatic rings. The number of carbonyl (C=O) groups excluding carboxylic acids is 1. The molecule has 0 bridgehead atoms. The van der Waals surface area contributed by atoms with Gasteiger partial charge in [0.2, 0.25) is 0 Å². The standard InChI is InChI=1S/C18H23FN2O2/c1-18(2)15(12-7-8-23-16(12)18)21-17(22)20-14-6-4-10-3-5-11(19)9-13(10)14/h3,5,9,12,14-16H,4,6-8H2,1-2H3,(H2,20,21,22)/t12-,14-,15-,16+/m1/s1. The zero-order chi connectivity index (χ0) is 16.2. The van der Waals surface area contributed by atoms with Crippen LogP contribution in [0.3, 0.4) is 0 Å². The Hall–Kier alpha value is -1.62. The molecule has 4 rings (SSSR count). The molecule has 0 spiro atoms. The van der Waals surface area contributed by atoms with Gasteiger partial charge in [0.25, 0.3) is 0 Å². The summed E-state index contributed by atoms with van der Waals surface area (Å²) in [6.07, 6.45) is 2.98. The van der Waals surface area contributed by atoms with Crippen molar-refractivity contribution in [2.24, 2.45) is 11.3 Å². The van der Waals surface area contributed by atoms with Crippen LogP contribution in [0.25, 0.3) is 0 Å². The molecule has 4 atom stereocenters. The lowest BCUT2D eigenvalue weighted by Crippen LogP contribution is -2.67. The maximum atomic E-state index is 13.5. The number of rotatable bonds is 2. The van der Waals surface area contributed by atoms with Crippen LogP contribution >= 0.6 is 0 Å². The van der Waals surface area contributed by atoms with Crippen molar-refractivity contribution < 1.29 is 13.9 Å². The molecule has 2 fully saturated rings. The molecule has 0 aromatic heterocycles. The Morgan fingerprint density at radius 3 is 2.96 bits per heavy atom. The van der Waals surface area contributed by atoms with Gasteiger partial charge in [0.15, 0.2) is 0 Å². The van der Waals surface area contributed by atoms with Crippen LogP contribution in [-0.4, -0.2) is 24.8 Å². The molecule has 3 aliphatic rings. The number of halogens is 1. The van der Waals surface area contributed by atoms with Crippen molar-refractivity contribution in [1.29, 1.82) is 0 Å². The smallest absolute Gasteiger partial charge is 0.315 e. The van der Waals surface area contributed by atoms with Crippen molar-refractivity contribution in [2.75, 3.05) is 6.61 Å². The fourth-order valence-corrected chi connectivity index (χ4v) is 4.68. The van der Waals surface area contributed by atoms with Crippen LogP contribution in [0.4, 0.5) is 9.18 Å². The van der Waals surface area contributed by atoms with E-state index in [0.29, 0.717) is 5.92 Å². The van der Waals surface area contributed by atoms with E-state index in [9.17, 15) is 9.18 Å². The molecule has 124 valence electrons. The predicted octanol–water partition coefficient (Wildman–Crippen LogP) is 2.93. The number of fused-ring (bicyclic) bond motifs is 2. The highest BCUT2D eigenvalue weighted by atomic mass is 19.1. The lowest BCUT2D eigenvalue weighted by Gasteiger charge is -2.54. The van der Waals surface area contributed by atoms with E-state index in [0.717, 1.165) is 37.0 Å². The number of carbonyl (C=O) groups is 1. The maximum absolute atomic E-state index is 13.5. The first-order chi connectivity index (χ1) is 11.0. The largest absolute Gasteiger partial charge is 0.377 e. The van der Waals surface area contributed by atoms with Crippen LogP contribution in [-0.2, 0) is 11.2 Å². The van der Waals surface area contributed by atoms with Gasteiger partial charge in [-0.25, -0.2) is 9.18 Å². The minimum atomic E-state index is -0.246. The summed E-state index contributed by atoms with van der Waals surface area (Å²) < 4.78 is 19.2. The van der Waals surface area contributed by atoms with Crippen LogP contribution in [0.5, 0.6) is 0 Å². The van der Waals surface area contributed by atoms with Crippen molar-refractivity contribution in [3.05, 3.63) is 35.1 Å². The van der Waals surface area contributed by atoms with Crippen LogP contribution in [0.15, 0.2) is 18.2 Å². The van der Waals surface area contributed by atoms with Gasteiger partial charge < -0.3 is 15.4 Å². The number of hydrogen-bond acceptors (Lipinski definition) is 2. The fraction of sp³-hybridized carbons (Fsp3) is 0.611. The monoisotopic (exact) mass is 318 g/mol. The minimum Gasteiger partial charge on any atom is -0.377 e. The molecule has 2 N–H and O–H groups in total. The van der Waals surface area contributed by atoms with Gasteiger partial charge in [-0.3, -0.25) is 0 Å². The third-order valence-electron chi connectivity index (χ3n) is 5.88. The maximum Gasteiger partial charge on any atom is 0.315 e. The van der Waals surface area contributed by atoms with E-state index in [1.165, 1.54) is 6.07 Å². The summed E-state index contributed by atoms with van der Waals surface area (Å²) >= 11 is 0. The molecule has 1 heterocycles. The van der Waals surface area contributed by atoms with E-state index in [2.05, 4.69) is 24.5 Å². The lowest BCUT2D eigenvalue weighted by molar-refractivity contribution is -0.108. The minimum absolute atomic E-state index is 0.0296. The molecule has 23 heavy (non-hydrogen) atoms. The second kappa shape index (κ2) is 5.20. The molecular formula is C18H23FN2O2. The van der Waals surface area contributed by atoms with E-state index in [1.807, 2.05) is 6.07 Å². The Morgan fingerprint density at radius 2 is 2.13 bits per heavy atom. The SMILES string of the molecule is CC1(C)[C@H](NC(=O)N[C@@H]2CCc3ccc(F)cc32)[C@H]2CCO[C@@H]21. The van der Waals surface area contributed by atoms with Crippen molar-refractivity contribution in [3.63, 3.8) is 0 Å². The van der Waals surface area contributed by atoms with Crippen molar-refractivity contribution in [1.82, 2.24) is 10.6 Å². The van der Waals surface area contributed by atoms with E-state index in [4.69, 9.17) is 4.74 Å². The number of amides is 2. The lowest BCUT2D eigenvalue weighted by atomic mass is 9.57. The van der Waals surface area contributed by atoms with Gasteiger partial charge in [0, 0.05) is 24.0 Å². The Kier molecular flexibility index (Phi) is 3.38. The Balaban J connectivity index is 1.41. The highest BCUT2D eigenvalue weighted by Gasteiger charge is 2.59. The number of urea groups is 1. The van der Waals surface area contributed by atoms with Gasteiger partial charge in [0.1, 0.15) is 5.82 Å². The first-order valence-corrected chi connectivity index (χ1v) is 8.44. The van der Waals surface area contributed by atoms with Crippen LogP contribution in [0.1, 0.15) is 43.9 Å². The number of aryl methyl sites for hydroxylation is 1. The van der Waals surface area contributed by atoms with Crippen LogP contribution < -0.4 is 10.6 Å². The molecule has 1 aromatic carbocycles. The number of ether oxygens (including phenoxy) is 1. The zero-order valence-electron chi connectivity index (χ0n) is 13.6. The molecule has 1 saturated heterocycles. The summed E-state index contributed by atoms with van der Waals surface area (Å²) in [7, 11) is 0. The molecule has 1 saturated carbocycles. The topological polar surface area (TPSA) is 50.4 Å². The van der Waals surface area contributed by atoms with Gasteiger partial charge in [-0.05, 0) is 42.5 Å². The molecule has 1 aliphatic heterocycles. The van der Waals surface area contributed by atoms with Crippen LogP contribution in [0.2, 0.25) is 0 Å². The summed E-state index contributed by atoms with van der Waals surface area (Å²) in [5.41, 5.74) is 2.01. The summed E-state index contributed by atoms with van der Waals surface area (Å²) in [4.78, 5) is 12.4. The Morgan fingerprint density at radius 1 is 1.30 bits per heavy atom. The molecule has 0 unspecified atom stereocenters. The summed E-state index contributed by atoms with van der Waals surface area (Å²) in [5.74, 6) is 0.174. The van der Waals surface area contributed by atoms with Gasteiger partial charge >= 0.3 is 6.03 Å². The predicted molar refractivity (Wildman–Crippen MR) is 84.5 cm³/mol. The van der Waals surface area contributed by atoms with Crippen molar-refractivity contribution in [2.45, 2.75) is 51.3 Å². The first kappa shape index (κ1) is 14.9. The Labute approximate surface area is 135 Å². The fourth-order valence-electron chi connectivity index (χ4n) is 4.68. The normalized spacial score (nSPS) is 33.5. The molecule has 0 radical (unpaired) electrons. The van der Waals surface area contributed by atoms with Gasteiger partial charge in [-0.1, -0.05) is 19.9 Å². The van der Waals surface area contributed by atoms with Crippen molar-refractivity contribution in [3.8, 4) is 0 Å². The summed E-state index contributed by atoms with van der Waals surface area (Å²) in [5, 5.41) is 6.15. The zero-order valence-corrected chi connectivity index (χ0v) is 13.6. The Bertz CT molecular complexity index is 646. The molecule has 4 nitrogen and oxygen atoms in total. The first-order valence-electron chi connectivity index (χ1n) is 8.44. The highest BCUT2D eigenvalue weighted by Crippen LogP contribution is 2.52.